The zero-order chi connectivity index (χ0) is 10.8. The molecule has 0 rings (SSSR count). The second-order valence-electron chi connectivity index (χ2n) is 2.70. The Morgan fingerprint density at radius 1 is 1.23 bits per heavy atom. The highest BCUT2D eigenvalue weighted by molar-refractivity contribution is 8.48. The molecule has 0 bridgehead atoms. The van der Waals surface area contributed by atoms with Gasteiger partial charge in [0, 0.05) is 5.03 Å². The van der Waals surface area contributed by atoms with Crippen LogP contribution in [0.1, 0.15) is 26.2 Å². The summed E-state index contributed by atoms with van der Waals surface area (Å²) in [6.45, 7) is 1.73. The first-order chi connectivity index (χ1) is 5.43. The van der Waals surface area contributed by atoms with Gasteiger partial charge in [0.25, 0.3) is 0 Å². The van der Waals surface area contributed by atoms with E-state index in [0.29, 0.717) is 12.8 Å². The van der Waals surface area contributed by atoms with Crippen molar-refractivity contribution in [3.63, 3.8) is 0 Å². The Morgan fingerprint density at radius 2 is 1.69 bits per heavy atom. The van der Waals surface area contributed by atoms with Crippen LogP contribution in [-0.4, -0.2) is 0 Å². The minimum Gasteiger partial charge on any atom is -0.0941 e. The van der Waals surface area contributed by atoms with Crippen molar-refractivity contribution >= 4 is 21.8 Å². The predicted molar refractivity (Wildman–Crippen MR) is 46.6 cm³/mol. The fraction of sp³-hybridized carbons (Fsp3) is 0.667. The van der Waals surface area contributed by atoms with Gasteiger partial charge in [-0.2, -0.15) is 0 Å². The molecule has 0 spiro atoms. The van der Waals surface area contributed by atoms with Crippen LogP contribution in [-0.2, 0) is 0 Å². The van der Waals surface area contributed by atoms with Crippen LogP contribution in [0.2, 0.25) is 0 Å². The minimum atomic E-state index is -9.45. The van der Waals surface area contributed by atoms with E-state index in [9.17, 15) is 19.4 Å². The van der Waals surface area contributed by atoms with Crippen molar-refractivity contribution in [2.24, 2.45) is 0 Å². The second-order valence-corrected chi connectivity index (χ2v) is 5.48. The zero-order valence-corrected chi connectivity index (χ0v) is 8.45. The summed E-state index contributed by atoms with van der Waals surface area (Å²) in [7, 11) is -9.45. The van der Waals surface area contributed by atoms with Crippen molar-refractivity contribution in [3.8, 4) is 0 Å². The van der Waals surface area contributed by atoms with E-state index in [1.807, 2.05) is 0 Å². The number of unbranched alkanes of at least 4 members (excludes halogenated alkanes) is 1. The Balaban J connectivity index is 4.58. The maximum absolute atomic E-state index is 11.7. The molecule has 0 heterocycles. The molecule has 0 aromatic heterocycles. The van der Waals surface area contributed by atoms with E-state index in [2.05, 4.69) is 0 Å². The number of rotatable bonds is 4. The summed E-state index contributed by atoms with van der Waals surface area (Å²) in [5, 5.41) is -1.86. The minimum absolute atomic E-state index is 0.163. The molecule has 0 aliphatic heterocycles. The van der Waals surface area contributed by atoms with E-state index in [1.165, 1.54) is 0 Å². The van der Waals surface area contributed by atoms with Crippen molar-refractivity contribution in [1.29, 1.82) is 0 Å². The summed E-state index contributed by atoms with van der Waals surface area (Å²) in [5.74, 6) is 0. The summed E-state index contributed by atoms with van der Waals surface area (Å²) in [4.78, 5) is 0. The third-order valence-corrected chi connectivity index (χ3v) is 2.28. The van der Waals surface area contributed by atoms with Crippen LogP contribution in [0.4, 0.5) is 19.4 Å². The molecule has 0 aliphatic carbocycles. The van der Waals surface area contributed by atoms with Gasteiger partial charge in [0.05, 0.1) is 5.41 Å². The van der Waals surface area contributed by atoms with Gasteiger partial charge < -0.3 is 0 Å². The lowest BCUT2D eigenvalue weighted by Gasteiger charge is -2.37. The third-order valence-electron chi connectivity index (χ3n) is 1.12. The lowest BCUT2D eigenvalue weighted by atomic mass is 10.2. The highest BCUT2D eigenvalue weighted by atomic mass is 35.5. The monoisotopic (exact) mass is 244 g/mol. The van der Waals surface area contributed by atoms with Gasteiger partial charge in [-0.05, 0) is 12.8 Å². The summed E-state index contributed by atoms with van der Waals surface area (Å²) in [6.07, 6.45) is 0.803. The molecule has 0 unspecified atom stereocenters. The molecule has 0 aromatic rings. The van der Waals surface area contributed by atoms with Gasteiger partial charge in [-0.3, -0.25) is 0 Å². The average molecular weight is 245 g/mol. The largest absolute Gasteiger partial charge is 0.305 e. The van der Waals surface area contributed by atoms with E-state index in [4.69, 9.17) is 11.6 Å². The van der Waals surface area contributed by atoms with Crippen LogP contribution in [0, 0.1) is 0 Å². The Kier molecular flexibility index (Phi) is 3.02. The smallest absolute Gasteiger partial charge is 0.0941 e. The lowest BCUT2D eigenvalue weighted by molar-refractivity contribution is 0.384. The lowest BCUT2D eigenvalue weighted by Crippen LogP contribution is -2.00. The maximum atomic E-state index is 11.7. The van der Waals surface area contributed by atoms with E-state index < -0.39 is 20.7 Å². The van der Waals surface area contributed by atoms with Gasteiger partial charge >= 0.3 is 10.2 Å². The van der Waals surface area contributed by atoms with Gasteiger partial charge in [0.1, 0.15) is 0 Å². The first-order valence-electron chi connectivity index (χ1n) is 3.55. The number of allylic oxidation sites excluding steroid dienone is 1. The quantitative estimate of drug-likeness (QED) is 0.568. The molecule has 0 aromatic carbocycles. The summed E-state index contributed by atoms with van der Waals surface area (Å²) in [5.41, 5.74) is 0. The summed E-state index contributed by atoms with van der Waals surface area (Å²) < 4.78 is 58.7. The number of hydrogen-bond donors (Lipinski definition) is 0. The molecule has 0 nitrogen and oxygen atoms in total. The molecule has 0 N–H and O–H groups in total. The van der Waals surface area contributed by atoms with Gasteiger partial charge in [0.2, 0.25) is 0 Å². The number of halogens is 6. The van der Waals surface area contributed by atoms with Crippen molar-refractivity contribution in [2.75, 3.05) is 0 Å². The van der Waals surface area contributed by atoms with Crippen LogP contribution in [0.15, 0.2) is 10.4 Å². The highest BCUT2D eigenvalue weighted by Crippen LogP contribution is 2.99. The third kappa shape index (κ3) is 9.95. The molecule has 0 aliphatic rings. The van der Waals surface area contributed by atoms with E-state index in [1.54, 1.807) is 6.92 Å². The molecule has 0 atom stereocenters. The second kappa shape index (κ2) is 3.02. The van der Waals surface area contributed by atoms with Crippen LogP contribution in [0.25, 0.3) is 0 Å². The maximum Gasteiger partial charge on any atom is 0.305 e. The normalized spacial score (nSPS) is 19.5. The molecular formula is C6H10ClF5S. The molecule has 82 valence electrons. The van der Waals surface area contributed by atoms with Gasteiger partial charge in [-0.15, -0.1) is 0 Å². The predicted octanol–water partition coefficient (Wildman–Crippen LogP) is 5.56. The van der Waals surface area contributed by atoms with Gasteiger partial charge in [-0.25, -0.2) is 0 Å². The number of hydrogen-bond acceptors (Lipinski definition) is 0. The fourth-order valence-electron chi connectivity index (χ4n) is 0.646. The van der Waals surface area contributed by atoms with E-state index >= 15 is 0 Å². The fourth-order valence-corrected chi connectivity index (χ4v) is 1.89. The van der Waals surface area contributed by atoms with Crippen molar-refractivity contribution in [3.05, 3.63) is 10.4 Å². The molecular weight excluding hydrogens is 235 g/mol. The molecule has 0 fully saturated rings. The molecule has 7 heteroatoms. The standard InChI is InChI=1S/C6H10ClF5S/c1-2-3-4-6(7)5-13(8,9,10,11)12/h5H,2-4H2,1H3/b6-5+. The Bertz CT molecular complexity index is 215. The highest BCUT2D eigenvalue weighted by Gasteiger charge is 2.61. The first kappa shape index (κ1) is 13.0. The molecule has 0 saturated carbocycles. The van der Waals surface area contributed by atoms with Crippen LogP contribution >= 0.6 is 21.8 Å². The summed E-state index contributed by atoms with van der Waals surface area (Å²) >= 11 is 5.01. The SMILES string of the molecule is CCCC/C(Cl)=C\S(F)(F)(F)(F)F. The Hall–Kier alpha value is 0.0300. The van der Waals surface area contributed by atoms with Crippen LogP contribution < -0.4 is 0 Å². The molecule has 0 radical (unpaired) electrons. The topological polar surface area (TPSA) is 0 Å². The average Bonchev–Trinajstić information content (AvgIpc) is 1.75. The molecule has 0 saturated heterocycles. The van der Waals surface area contributed by atoms with E-state index in [0.717, 1.165) is 0 Å². The van der Waals surface area contributed by atoms with Crippen molar-refractivity contribution in [1.82, 2.24) is 0 Å². The Morgan fingerprint density at radius 3 is 2.00 bits per heavy atom. The van der Waals surface area contributed by atoms with E-state index in [-0.39, 0.29) is 6.42 Å². The van der Waals surface area contributed by atoms with Gasteiger partial charge in [-0.1, -0.05) is 44.4 Å². The summed E-state index contributed by atoms with van der Waals surface area (Å²) in [6, 6.07) is 0. The molecule has 13 heavy (non-hydrogen) atoms. The van der Waals surface area contributed by atoms with Crippen LogP contribution in [0.3, 0.4) is 0 Å². The zero-order valence-electron chi connectivity index (χ0n) is 6.87. The van der Waals surface area contributed by atoms with Crippen molar-refractivity contribution in [2.45, 2.75) is 26.2 Å². The Labute approximate surface area is 78.5 Å². The van der Waals surface area contributed by atoms with Crippen LogP contribution in [0.5, 0.6) is 0 Å². The first-order valence-corrected chi connectivity index (χ1v) is 5.94. The molecule has 0 amide bonds. The van der Waals surface area contributed by atoms with Crippen molar-refractivity contribution < 1.29 is 19.4 Å². The van der Waals surface area contributed by atoms with Gasteiger partial charge in [0.15, 0.2) is 0 Å².